The Kier molecular flexibility index (Phi) is 4.70. The molecule has 0 atom stereocenters. The van der Waals surface area contributed by atoms with Crippen LogP contribution >= 0.6 is 11.3 Å². The summed E-state index contributed by atoms with van der Waals surface area (Å²) in [5.41, 5.74) is 4.53. The van der Waals surface area contributed by atoms with Gasteiger partial charge in [0.2, 0.25) is 0 Å². The van der Waals surface area contributed by atoms with Crippen molar-refractivity contribution in [3.63, 3.8) is 0 Å². The van der Waals surface area contributed by atoms with E-state index < -0.39 is 0 Å². The molecule has 1 aliphatic heterocycles. The zero-order chi connectivity index (χ0) is 19.6. The third-order valence-electron chi connectivity index (χ3n) is 4.98. The van der Waals surface area contributed by atoms with Crippen LogP contribution in [0.15, 0.2) is 84.9 Å². The zero-order valence-electron chi connectivity index (χ0n) is 16.2. The third kappa shape index (κ3) is 3.36. The molecule has 0 saturated carbocycles. The van der Waals surface area contributed by atoms with Crippen LogP contribution < -0.4 is 14.4 Å². The molecule has 0 saturated heterocycles. The van der Waals surface area contributed by atoms with E-state index in [1.54, 1.807) is 11.3 Å². The van der Waals surface area contributed by atoms with Crippen molar-refractivity contribution in [3.8, 4) is 21.9 Å². The lowest BCUT2D eigenvalue weighted by Gasteiger charge is -2.25. The fourth-order valence-corrected chi connectivity index (χ4v) is 4.70. The molecule has 0 N–H and O–H groups in total. The molecule has 4 heteroatoms. The summed E-state index contributed by atoms with van der Waals surface area (Å²) in [6.45, 7) is 3.30. The van der Waals surface area contributed by atoms with Crippen molar-refractivity contribution in [3.05, 3.63) is 89.8 Å². The maximum Gasteiger partial charge on any atom is 0.180 e. The second-order valence-corrected chi connectivity index (χ2v) is 8.12. The van der Waals surface area contributed by atoms with E-state index >= 15 is 0 Å². The van der Waals surface area contributed by atoms with Crippen molar-refractivity contribution in [1.82, 2.24) is 0 Å². The van der Waals surface area contributed by atoms with Crippen molar-refractivity contribution >= 4 is 28.4 Å². The van der Waals surface area contributed by atoms with Crippen LogP contribution in [-0.2, 0) is 0 Å². The minimum absolute atomic E-state index is 0.601. The van der Waals surface area contributed by atoms with E-state index in [-0.39, 0.29) is 0 Å². The van der Waals surface area contributed by atoms with E-state index in [2.05, 4.69) is 84.6 Å². The van der Waals surface area contributed by atoms with Gasteiger partial charge in [0.15, 0.2) is 11.5 Å². The molecule has 0 aliphatic carbocycles. The highest BCUT2D eigenvalue weighted by Crippen LogP contribution is 2.49. The van der Waals surface area contributed by atoms with E-state index in [0.717, 1.165) is 43.9 Å². The highest BCUT2D eigenvalue weighted by Gasteiger charge is 2.23. The topological polar surface area (TPSA) is 21.7 Å². The molecular formula is C25H21NO2S. The van der Waals surface area contributed by atoms with Crippen LogP contribution in [0.1, 0.15) is 4.88 Å². The average molecular weight is 400 g/mol. The van der Waals surface area contributed by atoms with Gasteiger partial charge in [0.05, 0.1) is 4.88 Å². The molecule has 0 amide bonds. The summed E-state index contributed by atoms with van der Waals surface area (Å²) in [5.74, 6) is 1.78. The predicted octanol–water partition coefficient (Wildman–Crippen LogP) is 6.96. The molecule has 144 valence electrons. The Hall–Kier alpha value is -3.24. The Balaban J connectivity index is 1.55. The van der Waals surface area contributed by atoms with Gasteiger partial charge in [-0.05, 0) is 48.9 Å². The standard InChI is InChI=1S/C25H21NO2S/c1-18-23-24(28-17-16-27-23)25(29-18)19-12-14-22(15-13-19)26(20-8-4-2-5-9-20)21-10-6-3-7-11-21/h2-15H,16-17H2,1H3. The lowest BCUT2D eigenvalue weighted by atomic mass is 10.1. The summed E-state index contributed by atoms with van der Waals surface area (Å²) >= 11 is 1.73. The molecule has 4 aromatic rings. The average Bonchev–Trinajstić information content (AvgIpc) is 3.13. The second-order valence-electron chi connectivity index (χ2n) is 6.90. The number of thiophene rings is 1. The van der Waals surface area contributed by atoms with Crippen LogP contribution in [0.5, 0.6) is 11.5 Å². The lowest BCUT2D eigenvalue weighted by Crippen LogP contribution is -2.14. The van der Waals surface area contributed by atoms with Gasteiger partial charge in [0, 0.05) is 21.9 Å². The molecule has 2 heterocycles. The Morgan fingerprint density at radius 3 is 1.76 bits per heavy atom. The van der Waals surface area contributed by atoms with Gasteiger partial charge in [-0.25, -0.2) is 0 Å². The number of rotatable bonds is 4. The van der Waals surface area contributed by atoms with Gasteiger partial charge < -0.3 is 14.4 Å². The molecule has 0 unspecified atom stereocenters. The predicted molar refractivity (Wildman–Crippen MR) is 120 cm³/mol. The number of ether oxygens (including phenoxy) is 2. The van der Waals surface area contributed by atoms with E-state index in [9.17, 15) is 0 Å². The normalized spacial score (nSPS) is 12.6. The van der Waals surface area contributed by atoms with Gasteiger partial charge in [0.1, 0.15) is 13.2 Å². The van der Waals surface area contributed by atoms with Crippen LogP contribution in [0, 0.1) is 6.92 Å². The monoisotopic (exact) mass is 399 g/mol. The quantitative estimate of drug-likeness (QED) is 0.370. The zero-order valence-corrected chi connectivity index (χ0v) is 17.0. The Morgan fingerprint density at radius 2 is 1.17 bits per heavy atom. The lowest BCUT2D eigenvalue weighted by molar-refractivity contribution is 0.173. The number of para-hydroxylation sites is 2. The highest BCUT2D eigenvalue weighted by molar-refractivity contribution is 7.16. The molecule has 5 rings (SSSR count). The number of nitrogens with zero attached hydrogens (tertiary/aromatic N) is 1. The summed E-state index contributed by atoms with van der Waals surface area (Å²) < 4.78 is 11.7. The fraction of sp³-hybridized carbons (Fsp3) is 0.120. The molecule has 0 radical (unpaired) electrons. The molecule has 1 aliphatic rings. The summed E-state index contributed by atoms with van der Waals surface area (Å²) in [4.78, 5) is 4.56. The highest BCUT2D eigenvalue weighted by atomic mass is 32.1. The largest absolute Gasteiger partial charge is 0.485 e. The van der Waals surface area contributed by atoms with Crippen molar-refractivity contribution < 1.29 is 9.47 Å². The van der Waals surface area contributed by atoms with Gasteiger partial charge in [-0.1, -0.05) is 48.5 Å². The fourth-order valence-electron chi connectivity index (χ4n) is 3.65. The van der Waals surface area contributed by atoms with Crippen LogP contribution in [-0.4, -0.2) is 13.2 Å². The molecule has 29 heavy (non-hydrogen) atoms. The van der Waals surface area contributed by atoms with Crippen LogP contribution in [0.25, 0.3) is 10.4 Å². The Morgan fingerprint density at radius 1 is 0.655 bits per heavy atom. The molecule has 0 bridgehead atoms. The molecule has 0 spiro atoms. The molecule has 0 fully saturated rings. The van der Waals surface area contributed by atoms with Gasteiger partial charge in [-0.2, -0.15) is 0 Å². The summed E-state index contributed by atoms with van der Waals surface area (Å²) in [7, 11) is 0. The number of aryl methyl sites for hydroxylation is 1. The van der Waals surface area contributed by atoms with Gasteiger partial charge in [-0.15, -0.1) is 11.3 Å². The third-order valence-corrected chi connectivity index (χ3v) is 6.10. The maximum atomic E-state index is 5.92. The van der Waals surface area contributed by atoms with Gasteiger partial charge >= 0.3 is 0 Å². The SMILES string of the molecule is Cc1sc(-c2ccc(N(c3ccccc3)c3ccccc3)cc2)c2c1OCCO2. The molecule has 3 nitrogen and oxygen atoms in total. The first-order valence-corrected chi connectivity index (χ1v) is 10.5. The van der Waals surface area contributed by atoms with Crippen LogP contribution in [0.4, 0.5) is 17.1 Å². The van der Waals surface area contributed by atoms with Crippen LogP contribution in [0.3, 0.4) is 0 Å². The number of benzene rings is 3. The first kappa shape index (κ1) is 17.8. The van der Waals surface area contributed by atoms with E-state index in [1.165, 1.54) is 0 Å². The van der Waals surface area contributed by atoms with Crippen LogP contribution in [0.2, 0.25) is 0 Å². The first-order valence-electron chi connectivity index (χ1n) is 9.71. The number of hydrogen-bond acceptors (Lipinski definition) is 4. The van der Waals surface area contributed by atoms with E-state index in [4.69, 9.17) is 9.47 Å². The minimum atomic E-state index is 0.601. The number of anilines is 3. The van der Waals surface area contributed by atoms with Crippen molar-refractivity contribution in [1.29, 1.82) is 0 Å². The summed E-state index contributed by atoms with van der Waals surface area (Å²) in [6, 6.07) is 29.5. The first-order chi connectivity index (χ1) is 14.3. The summed E-state index contributed by atoms with van der Waals surface area (Å²) in [5, 5.41) is 0. The van der Waals surface area contributed by atoms with Crippen molar-refractivity contribution in [2.45, 2.75) is 6.92 Å². The van der Waals surface area contributed by atoms with Crippen molar-refractivity contribution in [2.75, 3.05) is 18.1 Å². The molecule has 1 aromatic heterocycles. The van der Waals surface area contributed by atoms with Gasteiger partial charge in [0.25, 0.3) is 0 Å². The van der Waals surface area contributed by atoms with E-state index in [1.807, 2.05) is 12.1 Å². The number of hydrogen-bond donors (Lipinski definition) is 0. The Labute approximate surface area is 174 Å². The van der Waals surface area contributed by atoms with Crippen molar-refractivity contribution in [2.24, 2.45) is 0 Å². The number of fused-ring (bicyclic) bond motifs is 1. The van der Waals surface area contributed by atoms with E-state index in [0.29, 0.717) is 13.2 Å². The molecular weight excluding hydrogens is 378 g/mol. The minimum Gasteiger partial charge on any atom is -0.485 e. The second kappa shape index (κ2) is 7.64. The smallest absolute Gasteiger partial charge is 0.180 e. The van der Waals surface area contributed by atoms with Gasteiger partial charge in [-0.3, -0.25) is 0 Å². The maximum absolute atomic E-state index is 5.92. The molecule has 3 aromatic carbocycles. The Bertz CT molecular complexity index is 1070. The summed E-state index contributed by atoms with van der Waals surface area (Å²) in [6.07, 6.45) is 0.